The number of anilines is 2. The van der Waals surface area contributed by atoms with Crippen LogP contribution >= 0.6 is 23.4 Å². The van der Waals surface area contributed by atoms with Crippen LogP contribution in [0, 0.1) is 10.1 Å². The number of ether oxygens (including phenoxy) is 1. The number of amides is 3. The van der Waals surface area contributed by atoms with E-state index in [4.69, 9.17) is 16.3 Å². The van der Waals surface area contributed by atoms with Crippen molar-refractivity contribution in [3.05, 3.63) is 129 Å². The highest BCUT2D eigenvalue weighted by Gasteiger charge is 2.16. The van der Waals surface area contributed by atoms with Crippen LogP contribution in [0.4, 0.5) is 17.1 Å². The molecular formula is C31H25ClN4O6S. The molecule has 0 aliphatic carbocycles. The number of non-ortho nitro benzene ring substituents is 1. The molecule has 0 bridgehead atoms. The van der Waals surface area contributed by atoms with Gasteiger partial charge in [0, 0.05) is 33.3 Å². The van der Waals surface area contributed by atoms with E-state index in [-0.39, 0.29) is 23.0 Å². The predicted octanol–water partition coefficient (Wildman–Crippen LogP) is 6.40. The fourth-order valence-electron chi connectivity index (χ4n) is 3.75. The summed E-state index contributed by atoms with van der Waals surface area (Å²) in [5.74, 6) is -0.736. The van der Waals surface area contributed by atoms with Crippen LogP contribution in [0.5, 0.6) is 5.75 Å². The first-order valence-electron chi connectivity index (χ1n) is 12.7. The molecule has 4 aromatic rings. The lowest BCUT2D eigenvalue weighted by atomic mass is 10.1. The number of hydrogen-bond donors (Lipinski definition) is 3. The highest BCUT2D eigenvalue weighted by molar-refractivity contribution is 8.00. The van der Waals surface area contributed by atoms with Gasteiger partial charge in [-0.15, -0.1) is 11.8 Å². The van der Waals surface area contributed by atoms with Gasteiger partial charge in [0.15, 0.2) is 0 Å². The third-order valence-corrected chi connectivity index (χ3v) is 7.11. The van der Waals surface area contributed by atoms with E-state index >= 15 is 0 Å². The molecule has 0 aliphatic heterocycles. The summed E-state index contributed by atoms with van der Waals surface area (Å²) in [7, 11) is 1.50. The normalized spacial score (nSPS) is 10.9. The first-order valence-corrected chi connectivity index (χ1v) is 14.1. The van der Waals surface area contributed by atoms with Gasteiger partial charge in [-0.2, -0.15) is 0 Å². The summed E-state index contributed by atoms with van der Waals surface area (Å²) in [6.45, 7) is 0. The van der Waals surface area contributed by atoms with E-state index in [1.54, 1.807) is 72.8 Å². The molecule has 4 rings (SSSR count). The van der Waals surface area contributed by atoms with Crippen LogP contribution in [0.3, 0.4) is 0 Å². The van der Waals surface area contributed by atoms with Crippen molar-refractivity contribution in [2.24, 2.45) is 0 Å². The summed E-state index contributed by atoms with van der Waals surface area (Å²) in [5, 5.41) is 19.6. The SMILES string of the molecule is COc1ccc(Cl)cc1NC(=O)CSc1ccc(NC(=O)/C(=C/c2ccc([N+](=O)[O-])cc2)NC(=O)c2ccccc2)cc1. The molecule has 0 fully saturated rings. The number of nitrogens with zero attached hydrogens (tertiary/aromatic N) is 1. The number of nitrogens with one attached hydrogen (secondary N) is 3. The minimum Gasteiger partial charge on any atom is -0.495 e. The minimum atomic E-state index is -0.599. The Hall–Kier alpha value is -5.13. The molecule has 0 spiro atoms. The van der Waals surface area contributed by atoms with Crippen molar-refractivity contribution in [2.45, 2.75) is 4.90 Å². The second-order valence-electron chi connectivity index (χ2n) is 8.89. The quantitative estimate of drug-likeness (QED) is 0.0767. The van der Waals surface area contributed by atoms with Crippen LogP contribution in [-0.2, 0) is 9.59 Å². The summed E-state index contributed by atoms with van der Waals surface area (Å²) in [4.78, 5) is 49.8. The van der Waals surface area contributed by atoms with Gasteiger partial charge in [-0.1, -0.05) is 29.8 Å². The monoisotopic (exact) mass is 616 g/mol. The van der Waals surface area contributed by atoms with Crippen molar-refractivity contribution in [1.29, 1.82) is 0 Å². The number of hydrogen-bond acceptors (Lipinski definition) is 7. The molecule has 0 heterocycles. The molecule has 0 unspecified atom stereocenters. The molecule has 0 saturated carbocycles. The van der Waals surface area contributed by atoms with E-state index in [0.29, 0.717) is 33.3 Å². The summed E-state index contributed by atoms with van der Waals surface area (Å²) in [6.07, 6.45) is 1.43. The molecule has 43 heavy (non-hydrogen) atoms. The number of carbonyl (C=O) groups is 3. The summed E-state index contributed by atoms with van der Waals surface area (Å²) < 4.78 is 5.25. The van der Waals surface area contributed by atoms with Gasteiger partial charge in [-0.05, 0) is 78.4 Å². The van der Waals surface area contributed by atoms with Crippen LogP contribution in [0.2, 0.25) is 5.02 Å². The molecule has 0 aliphatic rings. The molecule has 4 aromatic carbocycles. The van der Waals surface area contributed by atoms with Gasteiger partial charge >= 0.3 is 0 Å². The van der Waals surface area contributed by atoms with E-state index in [1.807, 2.05) is 0 Å². The van der Waals surface area contributed by atoms with Gasteiger partial charge in [0.2, 0.25) is 5.91 Å². The molecule has 0 radical (unpaired) electrons. The summed E-state index contributed by atoms with van der Waals surface area (Å²) >= 11 is 7.32. The van der Waals surface area contributed by atoms with Gasteiger partial charge in [0.1, 0.15) is 11.4 Å². The van der Waals surface area contributed by atoms with E-state index < -0.39 is 16.7 Å². The molecule has 12 heteroatoms. The first-order chi connectivity index (χ1) is 20.7. The zero-order chi connectivity index (χ0) is 30.8. The Morgan fingerprint density at radius 3 is 2.28 bits per heavy atom. The van der Waals surface area contributed by atoms with Gasteiger partial charge in [0.05, 0.1) is 23.5 Å². The van der Waals surface area contributed by atoms with Crippen molar-refractivity contribution in [2.75, 3.05) is 23.5 Å². The highest BCUT2D eigenvalue weighted by Crippen LogP contribution is 2.28. The number of nitro groups is 1. The standard InChI is InChI=1S/C31H25ClN4O6S/c1-42-28-16-9-22(32)18-26(28)34-29(37)19-43-25-14-10-23(11-15-25)33-31(39)27(35-30(38)21-5-3-2-4-6-21)17-20-7-12-24(13-8-20)36(40)41/h2-18H,19H2,1H3,(H,33,39)(H,34,37)(H,35,38)/b27-17-. The zero-order valence-electron chi connectivity index (χ0n) is 22.7. The Bertz CT molecular complexity index is 1660. The van der Waals surface area contributed by atoms with Crippen molar-refractivity contribution in [3.8, 4) is 5.75 Å². The van der Waals surface area contributed by atoms with E-state index in [9.17, 15) is 24.5 Å². The van der Waals surface area contributed by atoms with Crippen LogP contribution in [0.25, 0.3) is 6.08 Å². The lowest BCUT2D eigenvalue weighted by molar-refractivity contribution is -0.384. The number of benzene rings is 4. The molecular weight excluding hydrogens is 592 g/mol. The number of rotatable bonds is 11. The third kappa shape index (κ3) is 8.93. The number of nitro benzene ring substituents is 1. The second kappa shape index (κ2) is 14.7. The molecule has 0 aromatic heterocycles. The Balaban J connectivity index is 1.42. The molecule has 0 saturated heterocycles. The smallest absolute Gasteiger partial charge is 0.272 e. The highest BCUT2D eigenvalue weighted by atomic mass is 35.5. The zero-order valence-corrected chi connectivity index (χ0v) is 24.3. The number of methoxy groups -OCH3 is 1. The van der Waals surface area contributed by atoms with Gasteiger partial charge in [-0.25, -0.2) is 0 Å². The first kappa shape index (κ1) is 30.8. The molecule has 218 valence electrons. The second-order valence-corrected chi connectivity index (χ2v) is 10.4. The lowest BCUT2D eigenvalue weighted by Gasteiger charge is -2.12. The molecule has 3 N–H and O–H groups in total. The topological polar surface area (TPSA) is 140 Å². The third-order valence-electron chi connectivity index (χ3n) is 5.86. The van der Waals surface area contributed by atoms with Crippen molar-refractivity contribution in [3.63, 3.8) is 0 Å². The van der Waals surface area contributed by atoms with Crippen LogP contribution in [-0.4, -0.2) is 35.5 Å². The Labute approximate surface area is 256 Å². The van der Waals surface area contributed by atoms with Crippen molar-refractivity contribution >= 4 is 64.2 Å². The molecule has 0 atom stereocenters. The van der Waals surface area contributed by atoms with Crippen LogP contribution in [0.15, 0.2) is 108 Å². The fourth-order valence-corrected chi connectivity index (χ4v) is 4.62. The summed E-state index contributed by atoms with van der Waals surface area (Å²) in [5.41, 5.74) is 1.58. The van der Waals surface area contributed by atoms with E-state index in [1.165, 1.54) is 49.2 Å². The van der Waals surface area contributed by atoms with Gasteiger partial charge in [0.25, 0.3) is 17.5 Å². The molecule has 10 nitrogen and oxygen atoms in total. The largest absolute Gasteiger partial charge is 0.495 e. The lowest BCUT2D eigenvalue weighted by Crippen LogP contribution is -2.30. The van der Waals surface area contributed by atoms with E-state index in [2.05, 4.69) is 16.0 Å². The number of carbonyl (C=O) groups excluding carboxylic acids is 3. The Morgan fingerprint density at radius 2 is 1.63 bits per heavy atom. The Kier molecular flexibility index (Phi) is 10.5. The maximum absolute atomic E-state index is 13.2. The van der Waals surface area contributed by atoms with E-state index in [0.717, 1.165) is 4.90 Å². The van der Waals surface area contributed by atoms with Crippen LogP contribution < -0.4 is 20.7 Å². The fraction of sp³-hybridized carbons (Fsp3) is 0.0645. The number of halogens is 1. The average Bonchev–Trinajstić information content (AvgIpc) is 3.01. The van der Waals surface area contributed by atoms with Crippen LogP contribution in [0.1, 0.15) is 15.9 Å². The minimum absolute atomic E-state index is 0.0609. The average molecular weight is 617 g/mol. The van der Waals surface area contributed by atoms with Crippen molar-refractivity contribution < 1.29 is 24.0 Å². The maximum Gasteiger partial charge on any atom is 0.272 e. The van der Waals surface area contributed by atoms with Gasteiger partial charge in [-0.3, -0.25) is 24.5 Å². The maximum atomic E-state index is 13.2. The van der Waals surface area contributed by atoms with Crippen molar-refractivity contribution in [1.82, 2.24) is 5.32 Å². The summed E-state index contributed by atoms with van der Waals surface area (Å²) in [6, 6.07) is 25.7. The Morgan fingerprint density at radius 1 is 0.930 bits per heavy atom. The number of thioether (sulfide) groups is 1. The van der Waals surface area contributed by atoms with Gasteiger partial charge < -0.3 is 20.7 Å². The molecule has 3 amide bonds. The predicted molar refractivity (Wildman–Crippen MR) is 167 cm³/mol.